The van der Waals surface area contributed by atoms with E-state index in [2.05, 4.69) is 5.32 Å². The molecule has 2 rings (SSSR count). The zero-order chi connectivity index (χ0) is 9.31. The van der Waals surface area contributed by atoms with Gasteiger partial charge in [0.15, 0.2) is 0 Å². The molecule has 0 aromatic rings. The SMILES string of the molecule is FC(F)C1CNC2(CCCC2)CO1. The molecular weight excluding hydrogens is 176 g/mol. The molecule has 1 N–H and O–H groups in total. The number of hydrogen-bond acceptors (Lipinski definition) is 2. The van der Waals surface area contributed by atoms with Crippen LogP contribution in [0.2, 0.25) is 0 Å². The number of morpholine rings is 1. The number of halogens is 2. The van der Waals surface area contributed by atoms with Gasteiger partial charge in [0, 0.05) is 12.1 Å². The van der Waals surface area contributed by atoms with Crippen molar-refractivity contribution in [2.45, 2.75) is 43.8 Å². The highest BCUT2D eigenvalue weighted by Gasteiger charge is 2.40. The highest BCUT2D eigenvalue weighted by Crippen LogP contribution is 2.32. The summed E-state index contributed by atoms with van der Waals surface area (Å²) in [6.07, 6.45) is 1.27. The second-order valence-corrected chi connectivity index (χ2v) is 4.05. The van der Waals surface area contributed by atoms with Crippen LogP contribution in [-0.2, 0) is 4.74 Å². The van der Waals surface area contributed by atoms with Gasteiger partial charge in [-0.15, -0.1) is 0 Å². The molecule has 2 aliphatic rings. The molecule has 1 saturated carbocycles. The van der Waals surface area contributed by atoms with Crippen LogP contribution < -0.4 is 5.32 Å². The van der Waals surface area contributed by atoms with E-state index in [1.165, 1.54) is 12.8 Å². The molecule has 1 saturated heterocycles. The first kappa shape index (κ1) is 9.34. The molecule has 1 spiro atoms. The van der Waals surface area contributed by atoms with Gasteiger partial charge in [-0.2, -0.15) is 0 Å². The predicted octanol–water partition coefficient (Wildman–Crippen LogP) is 1.55. The fraction of sp³-hybridized carbons (Fsp3) is 1.00. The van der Waals surface area contributed by atoms with Crippen LogP contribution in [0.3, 0.4) is 0 Å². The zero-order valence-electron chi connectivity index (χ0n) is 7.56. The minimum Gasteiger partial charge on any atom is -0.369 e. The van der Waals surface area contributed by atoms with Gasteiger partial charge >= 0.3 is 0 Å². The summed E-state index contributed by atoms with van der Waals surface area (Å²) >= 11 is 0. The first-order valence-electron chi connectivity index (χ1n) is 4.87. The lowest BCUT2D eigenvalue weighted by Crippen LogP contribution is -2.57. The molecule has 1 atom stereocenters. The number of nitrogens with one attached hydrogen (secondary N) is 1. The molecule has 1 unspecified atom stereocenters. The van der Waals surface area contributed by atoms with E-state index in [4.69, 9.17) is 4.74 Å². The second-order valence-electron chi connectivity index (χ2n) is 4.05. The van der Waals surface area contributed by atoms with Crippen molar-refractivity contribution in [3.8, 4) is 0 Å². The molecule has 0 amide bonds. The van der Waals surface area contributed by atoms with E-state index in [-0.39, 0.29) is 5.54 Å². The van der Waals surface area contributed by atoms with Gasteiger partial charge in [0.1, 0.15) is 6.10 Å². The summed E-state index contributed by atoms with van der Waals surface area (Å²) in [5.41, 5.74) is 0.0331. The van der Waals surface area contributed by atoms with Gasteiger partial charge in [-0.05, 0) is 12.8 Å². The first-order chi connectivity index (χ1) is 6.22. The summed E-state index contributed by atoms with van der Waals surface area (Å²) in [7, 11) is 0. The highest BCUT2D eigenvalue weighted by atomic mass is 19.3. The molecule has 1 aliphatic heterocycles. The molecule has 2 fully saturated rings. The second kappa shape index (κ2) is 3.50. The summed E-state index contributed by atoms with van der Waals surface area (Å²) in [5.74, 6) is 0. The summed E-state index contributed by atoms with van der Waals surface area (Å²) in [4.78, 5) is 0. The average Bonchev–Trinajstić information content (AvgIpc) is 2.54. The maximum Gasteiger partial charge on any atom is 0.265 e. The Morgan fingerprint density at radius 1 is 1.31 bits per heavy atom. The molecule has 0 bridgehead atoms. The molecule has 0 aromatic heterocycles. The van der Waals surface area contributed by atoms with Gasteiger partial charge in [-0.1, -0.05) is 12.8 Å². The largest absolute Gasteiger partial charge is 0.369 e. The van der Waals surface area contributed by atoms with Crippen LogP contribution >= 0.6 is 0 Å². The Balaban J connectivity index is 1.88. The maximum atomic E-state index is 12.2. The summed E-state index contributed by atoms with van der Waals surface area (Å²) in [5, 5.41) is 3.22. The Morgan fingerprint density at radius 2 is 2.00 bits per heavy atom. The minimum atomic E-state index is -2.36. The minimum absolute atomic E-state index is 0.0331. The number of alkyl halides is 2. The summed E-state index contributed by atoms with van der Waals surface area (Å²) < 4.78 is 29.6. The van der Waals surface area contributed by atoms with Gasteiger partial charge in [0.05, 0.1) is 6.61 Å². The van der Waals surface area contributed by atoms with Crippen LogP contribution in [0, 0.1) is 0 Å². The summed E-state index contributed by atoms with van der Waals surface area (Å²) in [6.45, 7) is 0.764. The highest BCUT2D eigenvalue weighted by molar-refractivity contribution is 4.96. The Bertz CT molecular complexity index is 170. The van der Waals surface area contributed by atoms with Crippen molar-refractivity contribution in [1.29, 1.82) is 0 Å². The number of hydrogen-bond donors (Lipinski definition) is 1. The van der Waals surface area contributed by atoms with Gasteiger partial charge in [0.25, 0.3) is 6.43 Å². The third kappa shape index (κ3) is 1.83. The standard InChI is InChI=1S/C9H15F2NO/c10-8(11)7-5-12-9(6-13-7)3-1-2-4-9/h7-8,12H,1-6H2. The third-order valence-electron chi connectivity index (χ3n) is 3.09. The van der Waals surface area contributed by atoms with Crippen molar-refractivity contribution in [3.05, 3.63) is 0 Å². The average molecular weight is 191 g/mol. The lowest BCUT2D eigenvalue weighted by molar-refractivity contribution is -0.101. The van der Waals surface area contributed by atoms with E-state index in [9.17, 15) is 8.78 Å². The van der Waals surface area contributed by atoms with Crippen LogP contribution in [0.25, 0.3) is 0 Å². The molecule has 2 nitrogen and oxygen atoms in total. The number of rotatable bonds is 1. The van der Waals surface area contributed by atoms with E-state index in [0.717, 1.165) is 12.8 Å². The van der Waals surface area contributed by atoms with Crippen molar-refractivity contribution in [2.24, 2.45) is 0 Å². The fourth-order valence-electron chi connectivity index (χ4n) is 2.23. The first-order valence-corrected chi connectivity index (χ1v) is 4.87. The van der Waals surface area contributed by atoms with Crippen molar-refractivity contribution >= 4 is 0 Å². The van der Waals surface area contributed by atoms with Crippen molar-refractivity contribution in [3.63, 3.8) is 0 Å². The molecule has 76 valence electrons. The van der Waals surface area contributed by atoms with Gasteiger partial charge < -0.3 is 10.1 Å². The molecule has 1 aliphatic carbocycles. The Labute approximate surface area is 76.6 Å². The Morgan fingerprint density at radius 3 is 2.46 bits per heavy atom. The molecule has 0 radical (unpaired) electrons. The van der Waals surface area contributed by atoms with Crippen LogP contribution in [0.1, 0.15) is 25.7 Å². The third-order valence-corrected chi connectivity index (χ3v) is 3.09. The van der Waals surface area contributed by atoms with E-state index >= 15 is 0 Å². The monoisotopic (exact) mass is 191 g/mol. The van der Waals surface area contributed by atoms with Gasteiger partial charge in [-0.3, -0.25) is 0 Å². The van der Waals surface area contributed by atoms with Crippen LogP contribution in [0.15, 0.2) is 0 Å². The maximum absolute atomic E-state index is 12.2. The molecule has 0 aromatic carbocycles. The fourth-order valence-corrected chi connectivity index (χ4v) is 2.23. The summed E-state index contributed by atoms with van der Waals surface area (Å²) in [6, 6.07) is 0. The molecule has 1 heterocycles. The van der Waals surface area contributed by atoms with Crippen LogP contribution in [-0.4, -0.2) is 31.2 Å². The zero-order valence-corrected chi connectivity index (χ0v) is 7.56. The van der Waals surface area contributed by atoms with E-state index in [0.29, 0.717) is 13.2 Å². The Hall–Kier alpha value is -0.220. The lowest BCUT2D eigenvalue weighted by atomic mass is 9.97. The van der Waals surface area contributed by atoms with E-state index < -0.39 is 12.5 Å². The number of ether oxygens (including phenoxy) is 1. The van der Waals surface area contributed by atoms with Crippen LogP contribution in [0.5, 0.6) is 0 Å². The smallest absolute Gasteiger partial charge is 0.265 e. The van der Waals surface area contributed by atoms with Gasteiger partial charge in [0.2, 0.25) is 0 Å². The quantitative estimate of drug-likeness (QED) is 0.679. The Kier molecular flexibility index (Phi) is 2.51. The normalized spacial score (nSPS) is 33.0. The lowest BCUT2D eigenvalue weighted by Gasteiger charge is -2.38. The van der Waals surface area contributed by atoms with Crippen LogP contribution in [0.4, 0.5) is 8.78 Å². The van der Waals surface area contributed by atoms with E-state index in [1.807, 2.05) is 0 Å². The van der Waals surface area contributed by atoms with Crippen molar-refractivity contribution in [1.82, 2.24) is 5.32 Å². The van der Waals surface area contributed by atoms with Gasteiger partial charge in [-0.25, -0.2) is 8.78 Å². The topological polar surface area (TPSA) is 21.3 Å². The molecule has 4 heteroatoms. The van der Waals surface area contributed by atoms with Crippen molar-refractivity contribution < 1.29 is 13.5 Å². The predicted molar refractivity (Wildman–Crippen MR) is 44.9 cm³/mol. The molecule has 13 heavy (non-hydrogen) atoms. The van der Waals surface area contributed by atoms with E-state index in [1.54, 1.807) is 0 Å². The van der Waals surface area contributed by atoms with Crippen molar-refractivity contribution in [2.75, 3.05) is 13.2 Å². The molecular formula is C9H15F2NO.